The molecule has 0 saturated heterocycles. The summed E-state index contributed by atoms with van der Waals surface area (Å²) in [5.41, 5.74) is 0. The van der Waals surface area contributed by atoms with Crippen molar-refractivity contribution in [1.29, 1.82) is 0 Å². The average Bonchev–Trinajstić information content (AvgIpc) is 2.16. The van der Waals surface area contributed by atoms with Crippen molar-refractivity contribution in [3.8, 4) is 0 Å². The fraction of sp³-hybridized carbons (Fsp3) is 0. The van der Waals surface area contributed by atoms with Crippen LogP contribution >= 0.6 is 23.3 Å². The molecule has 1 N–H and O–H groups in total. The Balaban J connectivity index is 2.88. The predicted molar refractivity (Wildman–Crippen MR) is 42.8 cm³/mol. The topological polar surface area (TPSA) is 37.3 Å². The molecule has 0 unspecified atom stereocenters. The van der Waals surface area contributed by atoms with Crippen LogP contribution in [0.25, 0.3) is 0 Å². The van der Waals surface area contributed by atoms with Gasteiger partial charge in [-0.15, -0.1) is 0 Å². The SMILES string of the molecule is O=C(O)S1(Br)C=CC=C1. The van der Waals surface area contributed by atoms with Gasteiger partial charge in [0.15, 0.2) is 0 Å². The molecule has 0 aromatic carbocycles. The van der Waals surface area contributed by atoms with Crippen LogP contribution in [0.5, 0.6) is 0 Å². The van der Waals surface area contributed by atoms with Gasteiger partial charge in [0.05, 0.1) is 0 Å². The standard InChI is InChI=1S/C5H5BrO2S/c6-9(5(7)8)3-1-2-4-9/h1-4H,(H,7,8). The summed E-state index contributed by atoms with van der Waals surface area (Å²) < 4.78 is 0. The summed E-state index contributed by atoms with van der Waals surface area (Å²) in [6.07, 6.45) is 3.47. The first-order valence-corrected chi connectivity index (χ1v) is 5.86. The summed E-state index contributed by atoms with van der Waals surface area (Å²) >= 11 is 3.12. The Hall–Kier alpha value is -0.220. The maximum absolute atomic E-state index is 10.4. The summed E-state index contributed by atoms with van der Waals surface area (Å²) in [6.45, 7) is 0. The third-order valence-electron chi connectivity index (χ3n) is 0.932. The number of halogens is 1. The molecule has 0 bridgehead atoms. The second-order valence-electron chi connectivity index (χ2n) is 1.55. The molecule has 0 saturated carbocycles. The summed E-state index contributed by atoms with van der Waals surface area (Å²) in [5, 5.41) is 11.1. The molecule has 1 aliphatic heterocycles. The highest BCUT2D eigenvalue weighted by Crippen LogP contribution is 2.61. The number of carboxylic acid groups (broad SMARTS) is 1. The van der Waals surface area contributed by atoms with Crippen LogP contribution in [0.2, 0.25) is 0 Å². The molecular weight excluding hydrogens is 204 g/mol. The Kier molecular flexibility index (Phi) is 1.68. The highest BCUT2D eigenvalue weighted by Gasteiger charge is 2.24. The highest BCUT2D eigenvalue weighted by atomic mass is 79.9. The minimum absolute atomic E-state index is 0.799. The number of allylic oxidation sites excluding steroid dienone is 2. The van der Waals surface area contributed by atoms with Gasteiger partial charge >= 0.3 is 5.30 Å². The molecule has 4 heteroatoms. The molecule has 0 atom stereocenters. The van der Waals surface area contributed by atoms with Crippen LogP contribution in [-0.2, 0) is 0 Å². The van der Waals surface area contributed by atoms with E-state index in [0.717, 1.165) is 0 Å². The third kappa shape index (κ3) is 1.19. The molecule has 0 aliphatic carbocycles. The monoisotopic (exact) mass is 208 g/mol. The highest BCUT2D eigenvalue weighted by molar-refractivity contribution is 9.61. The summed E-state index contributed by atoms with van der Waals surface area (Å²) in [6, 6.07) is 0. The van der Waals surface area contributed by atoms with E-state index in [1.165, 1.54) is 0 Å². The third-order valence-corrected chi connectivity index (χ3v) is 4.70. The molecule has 1 rings (SSSR count). The minimum atomic E-state index is -1.75. The summed E-state index contributed by atoms with van der Waals surface area (Å²) in [7, 11) is -1.75. The van der Waals surface area contributed by atoms with E-state index in [1.807, 2.05) is 0 Å². The number of hydrogen-bond acceptors (Lipinski definition) is 1. The number of rotatable bonds is 0. The smallest absolute Gasteiger partial charge is 0.363 e. The van der Waals surface area contributed by atoms with Crippen molar-refractivity contribution in [2.75, 3.05) is 0 Å². The van der Waals surface area contributed by atoms with Crippen LogP contribution in [0.3, 0.4) is 0 Å². The molecule has 0 fully saturated rings. The van der Waals surface area contributed by atoms with Gasteiger partial charge in [0.25, 0.3) is 0 Å². The Morgan fingerprint density at radius 3 is 2.11 bits per heavy atom. The molecule has 0 spiro atoms. The molecule has 2 nitrogen and oxygen atoms in total. The predicted octanol–water partition coefficient (Wildman–Crippen LogP) is 2.82. The van der Waals surface area contributed by atoms with Crippen LogP contribution in [0, 0.1) is 0 Å². The lowest BCUT2D eigenvalue weighted by molar-refractivity contribution is 0.222. The van der Waals surface area contributed by atoms with Crippen LogP contribution in [0.4, 0.5) is 4.79 Å². The lowest BCUT2D eigenvalue weighted by Crippen LogP contribution is -1.93. The molecule has 0 radical (unpaired) electrons. The van der Waals surface area contributed by atoms with E-state index in [0.29, 0.717) is 0 Å². The Morgan fingerprint density at radius 2 is 1.89 bits per heavy atom. The van der Waals surface area contributed by atoms with Crippen molar-refractivity contribution in [3.05, 3.63) is 23.0 Å². The maximum atomic E-state index is 10.4. The van der Waals surface area contributed by atoms with E-state index in [4.69, 9.17) is 5.11 Å². The van der Waals surface area contributed by atoms with E-state index < -0.39 is 13.8 Å². The zero-order chi connectivity index (χ0) is 6.91. The van der Waals surface area contributed by atoms with Crippen LogP contribution in [-0.4, -0.2) is 10.4 Å². The van der Waals surface area contributed by atoms with Gasteiger partial charge in [0.1, 0.15) is 0 Å². The molecule has 0 aromatic heterocycles. The van der Waals surface area contributed by atoms with Crippen LogP contribution in [0.15, 0.2) is 23.0 Å². The first-order valence-electron chi connectivity index (χ1n) is 2.26. The van der Waals surface area contributed by atoms with Crippen molar-refractivity contribution in [2.24, 2.45) is 0 Å². The van der Waals surface area contributed by atoms with Gasteiger partial charge in [-0.1, -0.05) is 12.2 Å². The van der Waals surface area contributed by atoms with Crippen molar-refractivity contribution in [3.63, 3.8) is 0 Å². The Bertz CT molecular complexity index is 185. The van der Waals surface area contributed by atoms with E-state index in [-0.39, 0.29) is 0 Å². The van der Waals surface area contributed by atoms with E-state index in [2.05, 4.69) is 14.8 Å². The fourth-order valence-electron chi connectivity index (χ4n) is 0.481. The largest absolute Gasteiger partial charge is 0.473 e. The summed E-state index contributed by atoms with van der Waals surface area (Å²) in [4.78, 5) is 10.4. The first kappa shape index (κ1) is 6.89. The molecule has 50 valence electrons. The van der Waals surface area contributed by atoms with Gasteiger partial charge in [-0.3, -0.25) is 0 Å². The Morgan fingerprint density at radius 1 is 1.44 bits per heavy atom. The van der Waals surface area contributed by atoms with E-state index in [9.17, 15) is 4.79 Å². The maximum Gasteiger partial charge on any atom is 0.363 e. The zero-order valence-corrected chi connectivity index (χ0v) is 6.85. The van der Waals surface area contributed by atoms with Gasteiger partial charge in [-0.25, -0.2) is 4.79 Å². The average molecular weight is 209 g/mol. The minimum Gasteiger partial charge on any atom is -0.473 e. The summed E-state index contributed by atoms with van der Waals surface area (Å²) in [5.74, 6) is 0. The normalized spacial score (nSPS) is 24.1. The van der Waals surface area contributed by atoms with Crippen LogP contribution in [0.1, 0.15) is 0 Å². The second kappa shape index (κ2) is 2.19. The van der Waals surface area contributed by atoms with E-state index >= 15 is 0 Å². The first-order chi connectivity index (χ1) is 4.15. The van der Waals surface area contributed by atoms with Crippen molar-refractivity contribution in [1.82, 2.24) is 0 Å². The van der Waals surface area contributed by atoms with E-state index in [1.54, 1.807) is 23.0 Å². The van der Waals surface area contributed by atoms with Crippen molar-refractivity contribution < 1.29 is 9.90 Å². The van der Waals surface area contributed by atoms with Gasteiger partial charge in [0.2, 0.25) is 0 Å². The molecule has 0 aromatic rings. The molecule has 1 heterocycles. The quantitative estimate of drug-likeness (QED) is 0.665. The van der Waals surface area contributed by atoms with Crippen molar-refractivity contribution >= 4 is 28.6 Å². The van der Waals surface area contributed by atoms with Crippen LogP contribution < -0.4 is 0 Å². The Labute approximate surface area is 61.8 Å². The van der Waals surface area contributed by atoms with Gasteiger partial charge in [-0.05, 0) is 34.1 Å². The lowest BCUT2D eigenvalue weighted by atomic mass is 10.6. The van der Waals surface area contributed by atoms with Gasteiger partial charge in [-0.2, -0.15) is 0 Å². The van der Waals surface area contributed by atoms with Gasteiger partial charge in [0, 0.05) is 0 Å². The second-order valence-corrected chi connectivity index (χ2v) is 6.91. The van der Waals surface area contributed by atoms with Gasteiger partial charge < -0.3 is 5.11 Å². The number of carbonyl (C=O) groups is 1. The molecule has 0 amide bonds. The molecule has 1 aliphatic rings. The van der Waals surface area contributed by atoms with Crippen molar-refractivity contribution in [2.45, 2.75) is 0 Å². The molecular formula is C5H5BrO2S. The molecule has 9 heavy (non-hydrogen) atoms. The lowest BCUT2D eigenvalue weighted by Gasteiger charge is -2.14. The number of hydrogen-bond donors (Lipinski definition) is 1. The fourth-order valence-corrected chi connectivity index (χ4v) is 2.19. The zero-order valence-electron chi connectivity index (χ0n) is 4.45.